The highest BCUT2D eigenvalue weighted by molar-refractivity contribution is 5.69. The summed E-state index contributed by atoms with van der Waals surface area (Å²) in [5, 5.41) is 10.2. The first-order valence-corrected chi connectivity index (χ1v) is 6.53. The summed E-state index contributed by atoms with van der Waals surface area (Å²) in [5.41, 5.74) is 2.99. The van der Waals surface area contributed by atoms with E-state index in [-0.39, 0.29) is 0 Å². The van der Waals surface area contributed by atoms with Crippen molar-refractivity contribution in [3.63, 3.8) is 0 Å². The molecule has 0 heterocycles. The normalized spacial score (nSPS) is 17.3. The molecule has 1 aromatic carbocycles. The molecule has 3 heteroatoms. The molecule has 0 amide bonds. The van der Waals surface area contributed by atoms with Crippen molar-refractivity contribution in [2.75, 3.05) is 13.2 Å². The molecule has 1 N–H and O–H groups in total. The second-order valence-corrected chi connectivity index (χ2v) is 4.27. The lowest BCUT2D eigenvalue weighted by Gasteiger charge is -2.14. The molecule has 0 radical (unpaired) electrons. The third-order valence-corrected chi connectivity index (χ3v) is 3.14. The number of aliphatic hydroxyl groups is 1. The lowest BCUT2D eigenvalue weighted by atomic mass is 10.0. The highest BCUT2D eigenvalue weighted by Gasteiger charge is 2.24. The predicted molar refractivity (Wildman–Crippen MR) is 72.0 cm³/mol. The van der Waals surface area contributed by atoms with Gasteiger partial charge in [-0.15, -0.1) is 0 Å². The second kappa shape index (κ2) is 5.44. The van der Waals surface area contributed by atoms with E-state index < -0.39 is 6.10 Å². The summed E-state index contributed by atoms with van der Waals surface area (Å²) < 4.78 is 11.2. The topological polar surface area (TPSA) is 38.7 Å². The summed E-state index contributed by atoms with van der Waals surface area (Å²) >= 11 is 0. The van der Waals surface area contributed by atoms with Gasteiger partial charge in [-0.3, -0.25) is 0 Å². The molecule has 1 atom stereocenters. The number of rotatable bonds is 5. The smallest absolute Gasteiger partial charge is 0.161 e. The van der Waals surface area contributed by atoms with Crippen LogP contribution in [-0.2, 0) is 0 Å². The Hall–Kier alpha value is -1.48. The van der Waals surface area contributed by atoms with Gasteiger partial charge in [-0.25, -0.2) is 0 Å². The third-order valence-electron chi connectivity index (χ3n) is 3.14. The monoisotopic (exact) mass is 248 g/mol. The number of benzene rings is 1. The van der Waals surface area contributed by atoms with Crippen LogP contribution in [0.2, 0.25) is 0 Å². The Morgan fingerprint density at radius 2 is 1.67 bits per heavy atom. The third kappa shape index (κ3) is 2.23. The fraction of sp³-hybridized carbons (Fsp3) is 0.467. The zero-order valence-electron chi connectivity index (χ0n) is 11.2. The Morgan fingerprint density at radius 1 is 1.06 bits per heavy atom. The molecule has 0 saturated heterocycles. The van der Waals surface area contributed by atoms with Gasteiger partial charge in [0.1, 0.15) is 6.10 Å². The summed E-state index contributed by atoms with van der Waals surface area (Å²) in [7, 11) is 0. The van der Waals surface area contributed by atoms with E-state index in [0.717, 1.165) is 28.9 Å². The van der Waals surface area contributed by atoms with Gasteiger partial charge in [0.25, 0.3) is 0 Å². The molecule has 0 fully saturated rings. The van der Waals surface area contributed by atoms with Gasteiger partial charge >= 0.3 is 0 Å². The van der Waals surface area contributed by atoms with Gasteiger partial charge in [0.2, 0.25) is 0 Å². The van der Waals surface area contributed by atoms with Crippen molar-refractivity contribution in [1.82, 2.24) is 0 Å². The van der Waals surface area contributed by atoms with Gasteiger partial charge in [-0.05, 0) is 49.1 Å². The minimum absolute atomic E-state index is 0.500. The van der Waals surface area contributed by atoms with Crippen LogP contribution in [0.4, 0.5) is 0 Å². The van der Waals surface area contributed by atoms with Crippen molar-refractivity contribution >= 4 is 6.08 Å². The molecule has 98 valence electrons. The predicted octanol–water partition coefficient (Wildman–Crippen LogP) is 3.32. The van der Waals surface area contributed by atoms with Crippen LogP contribution in [0.25, 0.3) is 6.08 Å². The van der Waals surface area contributed by atoms with Crippen LogP contribution in [0.15, 0.2) is 17.7 Å². The Labute approximate surface area is 108 Å². The quantitative estimate of drug-likeness (QED) is 0.868. The maximum atomic E-state index is 10.2. The van der Waals surface area contributed by atoms with E-state index in [4.69, 9.17) is 9.47 Å². The SMILES string of the molecule is CCOc1cc2c(cc1OCC)C(O)C(CC)=C2. The molecule has 0 aromatic heterocycles. The maximum Gasteiger partial charge on any atom is 0.161 e. The fourth-order valence-corrected chi connectivity index (χ4v) is 2.26. The van der Waals surface area contributed by atoms with Gasteiger partial charge in [0.05, 0.1) is 13.2 Å². The Balaban J connectivity index is 2.42. The fourth-order valence-electron chi connectivity index (χ4n) is 2.26. The molecule has 1 unspecified atom stereocenters. The molecule has 0 saturated carbocycles. The molecule has 0 aliphatic heterocycles. The summed E-state index contributed by atoms with van der Waals surface area (Å²) in [4.78, 5) is 0. The van der Waals surface area contributed by atoms with Crippen molar-refractivity contribution < 1.29 is 14.6 Å². The minimum atomic E-state index is -0.500. The standard InChI is InChI=1S/C15H20O3/c1-4-10-7-11-8-13(17-5-2)14(18-6-3)9-12(11)15(10)16/h7-9,15-16H,4-6H2,1-3H3. The number of fused-ring (bicyclic) bond motifs is 1. The van der Waals surface area contributed by atoms with Crippen LogP contribution in [0.3, 0.4) is 0 Å². The molecule has 0 bridgehead atoms. The minimum Gasteiger partial charge on any atom is -0.490 e. The number of hydrogen-bond donors (Lipinski definition) is 1. The van der Waals surface area contributed by atoms with Crippen LogP contribution in [0.1, 0.15) is 44.4 Å². The molecule has 3 nitrogen and oxygen atoms in total. The van der Waals surface area contributed by atoms with Crippen molar-refractivity contribution in [1.29, 1.82) is 0 Å². The largest absolute Gasteiger partial charge is 0.490 e. The average Bonchev–Trinajstić information content (AvgIpc) is 2.67. The van der Waals surface area contributed by atoms with Crippen LogP contribution in [-0.4, -0.2) is 18.3 Å². The second-order valence-electron chi connectivity index (χ2n) is 4.27. The molecule has 1 aromatic rings. The van der Waals surface area contributed by atoms with Crippen LogP contribution < -0.4 is 9.47 Å². The first-order valence-electron chi connectivity index (χ1n) is 6.53. The first-order chi connectivity index (χ1) is 8.71. The molecule has 1 aliphatic rings. The molecule has 1 aliphatic carbocycles. The lowest BCUT2D eigenvalue weighted by molar-refractivity contribution is 0.215. The summed E-state index contributed by atoms with van der Waals surface area (Å²) in [6.07, 6.45) is 2.39. The van der Waals surface area contributed by atoms with Crippen molar-refractivity contribution in [3.8, 4) is 11.5 Å². The zero-order chi connectivity index (χ0) is 13.1. The van der Waals surface area contributed by atoms with Gasteiger partial charge in [0.15, 0.2) is 11.5 Å². The maximum absolute atomic E-state index is 10.2. The molecule has 2 rings (SSSR count). The average molecular weight is 248 g/mol. The lowest BCUT2D eigenvalue weighted by Crippen LogP contribution is -2.02. The first kappa shape index (κ1) is 13.0. The summed E-state index contributed by atoms with van der Waals surface area (Å²) in [5.74, 6) is 1.46. The van der Waals surface area contributed by atoms with Crippen molar-refractivity contribution in [2.45, 2.75) is 33.3 Å². The highest BCUT2D eigenvalue weighted by Crippen LogP contribution is 2.42. The summed E-state index contributed by atoms with van der Waals surface area (Å²) in [6, 6.07) is 3.85. The van der Waals surface area contributed by atoms with Gasteiger partial charge in [-0.2, -0.15) is 0 Å². The van der Waals surface area contributed by atoms with E-state index in [1.165, 1.54) is 0 Å². The molecule has 18 heavy (non-hydrogen) atoms. The number of hydrogen-bond acceptors (Lipinski definition) is 3. The van der Waals surface area contributed by atoms with Crippen molar-refractivity contribution in [3.05, 3.63) is 28.8 Å². The Bertz CT molecular complexity index is 463. The van der Waals surface area contributed by atoms with Crippen LogP contribution in [0.5, 0.6) is 11.5 Å². The van der Waals surface area contributed by atoms with E-state index in [1.54, 1.807) is 0 Å². The summed E-state index contributed by atoms with van der Waals surface area (Å²) in [6.45, 7) is 7.13. The molecule has 0 spiro atoms. The number of ether oxygens (including phenoxy) is 2. The zero-order valence-corrected chi connectivity index (χ0v) is 11.2. The van der Waals surface area contributed by atoms with E-state index >= 15 is 0 Å². The molecular formula is C15H20O3. The molecular weight excluding hydrogens is 228 g/mol. The Kier molecular flexibility index (Phi) is 3.92. The van der Waals surface area contributed by atoms with Gasteiger partial charge in [-0.1, -0.05) is 13.0 Å². The van der Waals surface area contributed by atoms with Crippen molar-refractivity contribution in [2.24, 2.45) is 0 Å². The van der Waals surface area contributed by atoms with E-state index in [0.29, 0.717) is 19.0 Å². The van der Waals surface area contributed by atoms with Gasteiger partial charge in [0, 0.05) is 0 Å². The van der Waals surface area contributed by atoms with E-state index in [9.17, 15) is 5.11 Å². The Morgan fingerprint density at radius 3 is 2.22 bits per heavy atom. The number of aliphatic hydroxyl groups excluding tert-OH is 1. The van der Waals surface area contributed by atoms with E-state index in [1.807, 2.05) is 39.0 Å². The van der Waals surface area contributed by atoms with Gasteiger partial charge < -0.3 is 14.6 Å². The van der Waals surface area contributed by atoms with Crippen LogP contribution in [0, 0.1) is 0 Å². The van der Waals surface area contributed by atoms with E-state index in [2.05, 4.69) is 0 Å². The van der Waals surface area contributed by atoms with Crippen LogP contribution >= 0.6 is 0 Å². The highest BCUT2D eigenvalue weighted by atomic mass is 16.5.